The van der Waals surface area contributed by atoms with Crippen molar-refractivity contribution in [2.24, 2.45) is 5.92 Å². The molecule has 0 aromatic rings. The Morgan fingerprint density at radius 2 is 2.05 bits per heavy atom. The first-order valence-electron chi connectivity index (χ1n) is 7.80. The Bertz CT molecular complexity index is 393. The van der Waals surface area contributed by atoms with E-state index in [-0.39, 0.29) is 11.9 Å². The zero-order chi connectivity index (χ0) is 14.6. The molecule has 2 rings (SSSR count). The molecule has 0 amide bonds. The molecule has 1 saturated carbocycles. The van der Waals surface area contributed by atoms with E-state index in [1.165, 1.54) is 12.8 Å². The topological polar surface area (TPSA) is 58.6 Å². The molecule has 5 nitrogen and oxygen atoms in total. The molecular weight excluding hydrogens is 276 g/mol. The van der Waals surface area contributed by atoms with Gasteiger partial charge in [-0.05, 0) is 52.0 Å². The van der Waals surface area contributed by atoms with Gasteiger partial charge in [0.15, 0.2) is 0 Å². The summed E-state index contributed by atoms with van der Waals surface area (Å²) in [6.45, 7) is 6.44. The Morgan fingerprint density at radius 3 is 2.70 bits per heavy atom. The summed E-state index contributed by atoms with van der Waals surface area (Å²) in [6, 6.07) is 0.696. The van der Waals surface area contributed by atoms with Gasteiger partial charge in [-0.2, -0.15) is 0 Å². The number of nitrogens with one attached hydrogen (secondary N) is 1. The molecular formula is C14H28N2O3S. The zero-order valence-electron chi connectivity index (χ0n) is 12.7. The van der Waals surface area contributed by atoms with Gasteiger partial charge in [-0.15, -0.1) is 0 Å². The van der Waals surface area contributed by atoms with Crippen molar-refractivity contribution in [3.05, 3.63) is 0 Å². The Hall–Kier alpha value is -0.170. The molecule has 20 heavy (non-hydrogen) atoms. The van der Waals surface area contributed by atoms with Crippen LogP contribution in [0.5, 0.6) is 0 Å². The van der Waals surface area contributed by atoms with Crippen LogP contribution in [0, 0.1) is 5.92 Å². The fourth-order valence-corrected chi connectivity index (χ4v) is 4.00. The van der Waals surface area contributed by atoms with Gasteiger partial charge in [0.1, 0.15) is 0 Å². The first kappa shape index (κ1) is 16.2. The zero-order valence-corrected chi connectivity index (χ0v) is 13.5. The van der Waals surface area contributed by atoms with Crippen molar-refractivity contribution in [3.8, 4) is 0 Å². The molecule has 1 heterocycles. The fourth-order valence-electron chi connectivity index (χ4n) is 2.59. The Morgan fingerprint density at radius 1 is 1.30 bits per heavy atom. The Labute approximate surface area is 123 Å². The van der Waals surface area contributed by atoms with Crippen molar-refractivity contribution in [1.29, 1.82) is 0 Å². The van der Waals surface area contributed by atoms with E-state index >= 15 is 0 Å². The minimum absolute atomic E-state index is 0.0852. The van der Waals surface area contributed by atoms with Crippen molar-refractivity contribution in [1.82, 2.24) is 9.62 Å². The van der Waals surface area contributed by atoms with Gasteiger partial charge in [0.05, 0.1) is 18.5 Å². The number of ether oxygens (including phenoxy) is 1. The van der Waals surface area contributed by atoms with Crippen LogP contribution in [0.4, 0.5) is 0 Å². The predicted octanol–water partition coefficient (Wildman–Crippen LogP) is 1.21. The SMILES string of the molecule is CC(C)OCCS(=O)(=O)N1CCCC(CNC2CC2)C1. The summed E-state index contributed by atoms with van der Waals surface area (Å²) in [6.07, 6.45) is 4.75. The summed E-state index contributed by atoms with van der Waals surface area (Å²) in [5, 5.41) is 3.51. The van der Waals surface area contributed by atoms with Crippen molar-refractivity contribution in [3.63, 3.8) is 0 Å². The summed E-state index contributed by atoms with van der Waals surface area (Å²) in [5.41, 5.74) is 0. The van der Waals surface area contributed by atoms with Crippen molar-refractivity contribution in [2.75, 3.05) is 32.0 Å². The molecule has 0 aromatic carbocycles. The second kappa shape index (κ2) is 7.20. The monoisotopic (exact) mass is 304 g/mol. The number of rotatable bonds is 8. The quantitative estimate of drug-likeness (QED) is 0.732. The van der Waals surface area contributed by atoms with E-state index in [2.05, 4.69) is 5.32 Å². The van der Waals surface area contributed by atoms with Crippen LogP contribution in [-0.2, 0) is 14.8 Å². The van der Waals surface area contributed by atoms with Gasteiger partial charge in [0.2, 0.25) is 10.0 Å². The lowest BCUT2D eigenvalue weighted by molar-refractivity contribution is 0.0904. The fraction of sp³-hybridized carbons (Fsp3) is 1.00. The highest BCUT2D eigenvalue weighted by atomic mass is 32.2. The molecule has 1 aliphatic carbocycles. The standard InChI is InChI=1S/C14H28N2O3S/c1-12(2)19-8-9-20(17,18)16-7-3-4-13(11-16)10-15-14-5-6-14/h12-15H,3-11H2,1-2H3. The van der Waals surface area contributed by atoms with Crippen LogP contribution in [-0.4, -0.2) is 56.9 Å². The first-order valence-corrected chi connectivity index (χ1v) is 9.41. The predicted molar refractivity (Wildman–Crippen MR) is 80.2 cm³/mol. The highest BCUT2D eigenvalue weighted by Crippen LogP contribution is 2.22. The summed E-state index contributed by atoms with van der Waals surface area (Å²) in [4.78, 5) is 0. The van der Waals surface area contributed by atoms with E-state index in [1.54, 1.807) is 4.31 Å². The van der Waals surface area contributed by atoms with Crippen LogP contribution >= 0.6 is 0 Å². The molecule has 2 fully saturated rings. The van der Waals surface area contributed by atoms with E-state index in [4.69, 9.17) is 4.74 Å². The highest BCUT2D eigenvalue weighted by Gasteiger charge is 2.30. The third-order valence-corrected chi connectivity index (χ3v) is 5.74. The molecule has 1 saturated heterocycles. The number of hydrogen-bond acceptors (Lipinski definition) is 4. The summed E-state index contributed by atoms with van der Waals surface area (Å²) < 4.78 is 31.6. The molecule has 1 N–H and O–H groups in total. The maximum atomic E-state index is 12.3. The van der Waals surface area contributed by atoms with Crippen molar-refractivity contribution in [2.45, 2.75) is 51.7 Å². The van der Waals surface area contributed by atoms with Crippen LogP contribution in [0.1, 0.15) is 39.5 Å². The second-order valence-electron chi connectivity index (χ2n) is 6.28. The van der Waals surface area contributed by atoms with Gasteiger partial charge in [-0.3, -0.25) is 0 Å². The minimum atomic E-state index is -3.15. The van der Waals surface area contributed by atoms with Gasteiger partial charge in [0.25, 0.3) is 0 Å². The van der Waals surface area contributed by atoms with E-state index in [0.29, 0.717) is 31.7 Å². The second-order valence-corrected chi connectivity index (χ2v) is 8.37. The van der Waals surface area contributed by atoms with Gasteiger partial charge in [0, 0.05) is 19.1 Å². The lowest BCUT2D eigenvalue weighted by atomic mass is 10.00. The third kappa shape index (κ3) is 5.31. The van der Waals surface area contributed by atoms with Crippen LogP contribution in [0.3, 0.4) is 0 Å². The first-order chi connectivity index (χ1) is 9.47. The van der Waals surface area contributed by atoms with Crippen LogP contribution in [0.25, 0.3) is 0 Å². The van der Waals surface area contributed by atoms with Gasteiger partial charge in [-0.25, -0.2) is 12.7 Å². The van der Waals surface area contributed by atoms with Crippen molar-refractivity contribution >= 4 is 10.0 Å². The highest BCUT2D eigenvalue weighted by molar-refractivity contribution is 7.89. The van der Waals surface area contributed by atoms with E-state index < -0.39 is 10.0 Å². The third-order valence-electron chi connectivity index (χ3n) is 3.94. The van der Waals surface area contributed by atoms with E-state index in [9.17, 15) is 8.42 Å². The molecule has 0 radical (unpaired) electrons. The number of nitrogens with zero attached hydrogens (tertiary/aromatic N) is 1. The Kier molecular flexibility index (Phi) is 5.84. The summed E-state index contributed by atoms with van der Waals surface area (Å²) in [7, 11) is -3.15. The maximum Gasteiger partial charge on any atom is 0.216 e. The molecule has 1 atom stereocenters. The minimum Gasteiger partial charge on any atom is -0.378 e. The lowest BCUT2D eigenvalue weighted by Crippen LogP contribution is -2.44. The van der Waals surface area contributed by atoms with Gasteiger partial charge < -0.3 is 10.1 Å². The molecule has 0 bridgehead atoms. The largest absolute Gasteiger partial charge is 0.378 e. The molecule has 6 heteroatoms. The summed E-state index contributed by atoms with van der Waals surface area (Å²) in [5.74, 6) is 0.568. The van der Waals surface area contributed by atoms with Crippen LogP contribution in [0.15, 0.2) is 0 Å². The average Bonchev–Trinajstić information content (AvgIpc) is 3.20. The number of sulfonamides is 1. The van der Waals surface area contributed by atoms with Crippen LogP contribution < -0.4 is 5.32 Å². The molecule has 0 aromatic heterocycles. The lowest BCUT2D eigenvalue weighted by Gasteiger charge is -2.32. The van der Waals surface area contributed by atoms with E-state index in [1.807, 2.05) is 13.8 Å². The molecule has 0 spiro atoms. The summed E-state index contributed by atoms with van der Waals surface area (Å²) >= 11 is 0. The molecule has 1 unspecified atom stereocenters. The number of hydrogen-bond donors (Lipinski definition) is 1. The Balaban J connectivity index is 1.76. The van der Waals surface area contributed by atoms with Crippen LogP contribution in [0.2, 0.25) is 0 Å². The molecule has 1 aliphatic heterocycles. The van der Waals surface area contributed by atoms with E-state index in [0.717, 1.165) is 19.4 Å². The normalized spacial score (nSPS) is 25.2. The number of piperidine rings is 1. The maximum absolute atomic E-state index is 12.3. The molecule has 118 valence electrons. The van der Waals surface area contributed by atoms with Gasteiger partial charge in [-0.1, -0.05) is 0 Å². The molecule has 2 aliphatic rings. The average molecular weight is 304 g/mol. The van der Waals surface area contributed by atoms with Gasteiger partial charge >= 0.3 is 0 Å². The van der Waals surface area contributed by atoms with Crippen molar-refractivity contribution < 1.29 is 13.2 Å². The smallest absolute Gasteiger partial charge is 0.216 e.